The lowest BCUT2D eigenvalue weighted by molar-refractivity contribution is 0.150. The van der Waals surface area contributed by atoms with E-state index in [2.05, 4.69) is 62.6 Å². The summed E-state index contributed by atoms with van der Waals surface area (Å²) in [5, 5.41) is 0.655. The molecule has 1 aliphatic rings. The number of ether oxygens (including phenoxy) is 1. The van der Waals surface area contributed by atoms with Crippen molar-refractivity contribution in [3.05, 3.63) is 29.8 Å². The molecule has 1 aromatic carbocycles. The molecule has 2 N–H and O–H groups in total. The molecule has 0 aliphatic carbocycles. The zero-order valence-corrected chi connectivity index (χ0v) is 14.4. The van der Waals surface area contributed by atoms with E-state index >= 15 is 0 Å². The highest BCUT2D eigenvalue weighted by atomic mass is 32.2. The fraction of sp³-hybridized carbons (Fsp3) is 0.647. The molecule has 0 radical (unpaired) electrons. The molecular weight excluding hydrogens is 280 g/mol. The highest BCUT2D eigenvalue weighted by Crippen LogP contribution is 2.32. The minimum atomic E-state index is 0.196. The van der Waals surface area contributed by atoms with Crippen LogP contribution >= 0.6 is 11.8 Å². The van der Waals surface area contributed by atoms with Gasteiger partial charge in [0, 0.05) is 36.2 Å². The van der Waals surface area contributed by atoms with Crippen molar-refractivity contribution in [1.29, 1.82) is 0 Å². The molecule has 0 aromatic heterocycles. The van der Waals surface area contributed by atoms with Crippen LogP contribution in [-0.4, -0.2) is 41.1 Å². The number of hydrogen-bond acceptors (Lipinski definition) is 4. The van der Waals surface area contributed by atoms with Gasteiger partial charge in [-0.25, -0.2) is 0 Å². The first-order valence-corrected chi connectivity index (χ1v) is 8.91. The van der Waals surface area contributed by atoms with Gasteiger partial charge in [0.05, 0.1) is 6.10 Å². The van der Waals surface area contributed by atoms with Crippen molar-refractivity contribution in [2.45, 2.75) is 51.1 Å². The molecule has 21 heavy (non-hydrogen) atoms. The van der Waals surface area contributed by atoms with Crippen LogP contribution in [0.2, 0.25) is 0 Å². The van der Waals surface area contributed by atoms with E-state index < -0.39 is 0 Å². The number of nitrogens with two attached hydrogens (primary N) is 1. The Morgan fingerprint density at radius 2 is 2.14 bits per heavy atom. The quantitative estimate of drug-likeness (QED) is 0.906. The van der Waals surface area contributed by atoms with Crippen LogP contribution in [-0.2, 0) is 0 Å². The highest BCUT2D eigenvalue weighted by Gasteiger charge is 2.30. The van der Waals surface area contributed by atoms with Crippen LogP contribution in [0.5, 0.6) is 5.75 Å². The van der Waals surface area contributed by atoms with Gasteiger partial charge in [-0.3, -0.25) is 4.90 Å². The molecule has 0 bridgehead atoms. The Bertz CT molecular complexity index is 452. The van der Waals surface area contributed by atoms with E-state index in [4.69, 9.17) is 10.5 Å². The van der Waals surface area contributed by atoms with Gasteiger partial charge in [0.2, 0.25) is 0 Å². The molecule has 118 valence electrons. The van der Waals surface area contributed by atoms with Gasteiger partial charge in [0.15, 0.2) is 0 Å². The van der Waals surface area contributed by atoms with Crippen LogP contribution in [0, 0.1) is 0 Å². The fourth-order valence-electron chi connectivity index (χ4n) is 2.93. The van der Waals surface area contributed by atoms with E-state index in [-0.39, 0.29) is 12.1 Å². The molecule has 1 fully saturated rings. The van der Waals surface area contributed by atoms with Crippen LogP contribution in [0.25, 0.3) is 0 Å². The minimum absolute atomic E-state index is 0.196. The Labute approximate surface area is 133 Å². The second-order valence-electron chi connectivity index (χ2n) is 6.04. The van der Waals surface area contributed by atoms with Gasteiger partial charge in [0.25, 0.3) is 0 Å². The molecule has 0 saturated carbocycles. The molecule has 3 unspecified atom stereocenters. The number of hydrogen-bond donors (Lipinski definition) is 1. The van der Waals surface area contributed by atoms with Crippen molar-refractivity contribution in [3.63, 3.8) is 0 Å². The van der Waals surface area contributed by atoms with Crippen LogP contribution in [0.3, 0.4) is 0 Å². The number of thioether (sulfide) groups is 1. The summed E-state index contributed by atoms with van der Waals surface area (Å²) in [4.78, 5) is 2.55. The molecule has 1 aliphatic heterocycles. The zero-order chi connectivity index (χ0) is 15.4. The summed E-state index contributed by atoms with van der Waals surface area (Å²) >= 11 is 2.06. The van der Waals surface area contributed by atoms with Gasteiger partial charge < -0.3 is 10.5 Å². The Kier molecular flexibility index (Phi) is 5.97. The molecule has 1 aromatic rings. The van der Waals surface area contributed by atoms with E-state index in [1.807, 2.05) is 6.07 Å². The number of rotatable bonds is 5. The summed E-state index contributed by atoms with van der Waals surface area (Å²) in [7, 11) is 0. The second kappa shape index (κ2) is 7.52. The average Bonchev–Trinajstić information content (AvgIpc) is 2.44. The maximum Gasteiger partial charge on any atom is 0.120 e. The maximum absolute atomic E-state index is 6.11. The lowest BCUT2D eigenvalue weighted by Gasteiger charge is -2.42. The summed E-state index contributed by atoms with van der Waals surface area (Å²) in [5.74, 6) is 2.12. The second-order valence-corrected chi connectivity index (χ2v) is 7.53. The predicted molar refractivity (Wildman–Crippen MR) is 92.1 cm³/mol. The van der Waals surface area contributed by atoms with E-state index in [0.717, 1.165) is 12.3 Å². The SMILES string of the molecule is CC(C)Oc1cccc(C(CN)N2CCSC(C)C2C)c1. The number of nitrogens with zero attached hydrogens (tertiary/aromatic N) is 1. The standard InChI is InChI=1S/C17H28N2OS/c1-12(2)20-16-7-5-6-15(10-16)17(11-18)19-8-9-21-14(4)13(19)3/h5-7,10,12-14,17H,8-9,11,18H2,1-4H3. The van der Waals surface area contributed by atoms with E-state index in [1.165, 1.54) is 11.3 Å². The van der Waals surface area contributed by atoms with Crippen molar-refractivity contribution in [1.82, 2.24) is 4.90 Å². The Balaban J connectivity index is 2.20. The predicted octanol–water partition coefficient (Wildman–Crippen LogP) is 3.30. The molecule has 1 heterocycles. The van der Waals surface area contributed by atoms with Crippen LogP contribution in [0.4, 0.5) is 0 Å². The Hall–Kier alpha value is -0.710. The fourth-order valence-corrected chi connectivity index (χ4v) is 4.05. The molecular formula is C17H28N2OS. The van der Waals surface area contributed by atoms with Crippen molar-refractivity contribution in [3.8, 4) is 5.75 Å². The molecule has 2 rings (SSSR count). The van der Waals surface area contributed by atoms with E-state index in [0.29, 0.717) is 17.8 Å². The minimum Gasteiger partial charge on any atom is -0.491 e. The third-order valence-corrected chi connectivity index (χ3v) is 5.51. The third-order valence-electron chi connectivity index (χ3n) is 4.17. The Morgan fingerprint density at radius 3 is 2.81 bits per heavy atom. The van der Waals surface area contributed by atoms with Crippen molar-refractivity contribution in [2.75, 3.05) is 18.8 Å². The average molecular weight is 308 g/mol. The molecule has 0 amide bonds. The lowest BCUT2D eigenvalue weighted by Crippen LogP contribution is -2.48. The maximum atomic E-state index is 6.11. The van der Waals surface area contributed by atoms with Crippen molar-refractivity contribution in [2.24, 2.45) is 5.73 Å². The van der Waals surface area contributed by atoms with Crippen molar-refractivity contribution < 1.29 is 4.74 Å². The lowest BCUT2D eigenvalue weighted by atomic mass is 10.0. The summed E-state index contributed by atoms with van der Waals surface area (Å²) in [6.45, 7) is 10.5. The monoisotopic (exact) mass is 308 g/mol. The van der Waals surface area contributed by atoms with Gasteiger partial charge in [-0.15, -0.1) is 0 Å². The van der Waals surface area contributed by atoms with Crippen molar-refractivity contribution >= 4 is 11.8 Å². The first-order valence-electron chi connectivity index (χ1n) is 7.87. The largest absolute Gasteiger partial charge is 0.491 e. The Morgan fingerprint density at radius 1 is 1.38 bits per heavy atom. The molecule has 0 spiro atoms. The first kappa shape index (κ1) is 16.7. The smallest absolute Gasteiger partial charge is 0.120 e. The summed E-state index contributed by atoms with van der Waals surface area (Å²) in [6, 6.07) is 9.24. The summed E-state index contributed by atoms with van der Waals surface area (Å²) in [6.07, 6.45) is 0.196. The van der Waals surface area contributed by atoms with Crippen LogP contribution in [0.15, 0.2) is 24.3 Å². The van der Waals surface area contributed by atoms with E-state index in [9.17, 15) is 0 Å². The summed E-state index contributed by atoms with van der Waals surface area (Å²) in [5.41, 5.74) is 7.37. The van der Waals surface area contributed by atoms with Gasteiger partial charge in [-0.2, -0.15) is 11.8 Å². The molecule has 4 heteroatoms. The number of benzene rings is 1. The topological polar surface area (TPSA) is 38.5 Å². The van der Waals surface area contributed by atoms with Gasteiger partial charge in [-0.1, -0.05) is 19.1 Å². The van der Waals surface area contributed by atoms with Gasteiger partial charge >= 0.3 is 0 Å². The zero-order valence-electron chi connectivity index (χ0n) is 13.6. The van der Waals surface area contributed by atoms with Gasteiger partial charge in [0.1, 0.15) is 5.75 Å². The molecule has 3 atom stereocenters. The van der Waals surface area contributed by atoms with Crippen LogP contribution < -0.4 is 10.5 Å². The molecule has 3 nitrogen and oxygen atoms in total. The molecule has 1 saturated heterocycles. The highest BCUT2D eigenvalue weighted by molar-refractivity contribution is 8.00. The third kappa shape index (κ3) is 4.15. The van der Waals surface area contributed by atoms with Crippen LogP contribution in [0.1, 0.15) is 39.3 Å². The first-order chi connectivity index (χ1) is 10.0. The van der Waals surface area contributed by atoms with E-state index in [1.54, 1.807) is 0 Å². The van der Waals surface area contributed by atoms with Gasteiger partial charge in [-0.05, 0) is 38.5 Å². The normalized spacial score (nSPS) is 25.0. The summed E-state index contributed by atoms with van der Waals surface area (Å²) < 4.78 is 5.82.